The molecule has 0 aromatic heterocycles. The molecule has 3 rings (SSSR count). The zero-order chi connectivity index (χ0) is 17.3. The summed E-state index contributed by atoms with van der Waals surface area (Å²) in [5, 5.41) is 11.9. The standard InChI is InChI=1S/C19H21ClN2O2/c1-13-10-18(11-14(2)19(13)22(23)24)21-8-6-15(7-9-21)16-4-3-5-17(20)12-16/h3-5,10-12,15H,6-9H2,1-2H3. The minimum Gasteiger partial charge on any atom is -0.371 e. The quantitative estimate of drug-likeness (QED) is 0.564. The first-order chi connectivity index (χ1) is 11.5. The van der Waals surface area contributed by atoms with Crippen LogP contribution >= 0.6 is 11.6 Å². The second-order valence-electron chi connectivity index (χ2n) is 6.50. The lowest BCUT2D eigenvalue weighted by atomic mass is 9.89. The van der Waals surface area contributed by atoms with E-state index in [0.717, 1.165) is 47.8 Å². The number of rotatable bonds is 3. The van der Waals surface area contributed by atoms with Crippen LogP contribution in [0.1, 0.15) is 35.4 Å². The van der Waals surface area contributed by atoms with Crippen LogP contribution in [0.15, 0.2) is 36.4 Å². The minimum atomic E-state index is -0.292. The number of benzene rings is 2. The van der Waals surface area contributed by atoms with Crippen LogP contribution in [0.5, 0.6) is 0 Å². The van der Waals surface area contributed by atoms with Crippen molar-refractivity contribution in [2.75, 3.05) is 18.0 Å². The van der Waals surface area contributed by atoms with Crippen molar-refractivity contribution in [2.45, 2.75) is 32.6 Å². The fourth-order valence-electron chi connectivity index (χ4n) is 3.64. The monoisotopic (exact) mass is 344 g/mol. The molecular weight excluding hydrogens is 324 g/mol. The lowest BCUT2D eigenvalue weighted by Gasteiger charge is -2.34. The molecule has 0 radical (unpaired) electrons. The molecule has 0 aliphatic carbocycles. The summed E-state index contributed by atoms with van der Waals surface area (Å²) in [6.45, 7) is 5.53. The predicted molar refractivity (Wildman–Crippen MR) is 98.2 cm³/mol. The molecule has 1 fully saturated rings. The fourth-order valence-corrected chi connectivity index (χ4v) is 3.83. The van der Waals surface area contributed by atoms with Crippen LogP contribution in [0.4, 0.5) is 11.4 Å². The van der Waals surface area contributed by atoms with Gasteiger partial charge in [0.2, 0.25) is 0 Å². The summed E-state index contributed by atoms with van der Waals surface area (Å²) >= 11 is 6.10. The van der Waals surface area contributed by atoms with Crippen molar-refractivity contribution in [1.82, 2.24) is 0 Å². The van der Waals surface area contributed by atoms with Gasteiger partial charge in [-0.3, -0.25) is 10.1 Å². The van der Waals surface area contributed by atoms with Gasteiger partial charge >= 0.3 is 0 Å². The molecule has 0 unspecified atom stereocenters. The maximum Gasteiger partial charge on any atom is 0.275 e. The van der Waals surface area contributed by atoms with E-state index in [1.165, 1.54) is 5.56 Å². The Labute approximate surface area is 147 Å². The summed E-state index contributed by atoms with van der Waals surface area (Å²) < 4.78 is 0. The highest BCUT2D eigenvalue weighted by molar-refractivity contribution is 6.30. The summed E-state index contributed by atoms with van der Waals surface area (Å²) in [7, 11) is 0. The summed E-state index contributed by atoms with van der Waals surface area (Å²) in [6, 6.07) is 12.0. The smallest absolute Gasteiger partial charge is 0.275 e. The fraction of sp³-hybridized carbons (Fsp3) is 0.368. The lowest BCUT2D eigenvalue weighted by molar-refractivity contribution is -0.386. The number of nitro benzene ring substituents is 1. The minimum absolute atomic E-state index is 0.229. The Bertz CT molecular complexity index is 745. The Balaban J connectivity index is 1.74. The molecule has 1 aliphatic heterocycles. The van der Waals surface area contributed by atoms with Gasteiger partial charge in [0.25, 0.3) is 5.69 Å². The van der Waals surface area contributed by atoms with E-state index in [1.54, 1.807) is 0 Å². The Morgan fingerprint density at radius 1 is 1.12 bits per heavy atom. The van der Waals surface area contributed by atoms with Gasteiger partial charge in [-0.15, -0.1) is 0 Å². The van der Waals surface area contributed by atoms with Gasteiger partial charge in [0, 0.05) is 34.9 Å². The molecule has 1 saturated heterocycles. The third-order valence-corrected chi connectivity index (χ3v) is 5.07. The van der Waals surface area contributed by atoms with E-state index < -0.39 is 0 Å². The maximum atomic E-state index is 11.1. The Morgan fingerprint density at radius 3 is 2.29 bits per heavy atom. The average Bonchev–Trinajstić information content (AvgIpc) is 2.54. The first-order valence-corrected chi connectivity index (χ1v) is 8.59. The van der Waals surface area contributed by atoms with Crippen LogP contribution in [-0.2, 0) is 0 Å². The topological polar surface area (TPSA) is 46.4 Å². The molecule has 0 amide bonds. The van der Waals surface area contributed by atoms with Gasteiger partial charge in [0.15, 0.2) is 0 Å². The number of nitrogens with zero attached hydrogens (tertiary/aromatic N) is 2. The molecule has 1 heterocycles. The summed E-state index contributed by atoms with van der Waals surface area (Å²) in [4.78, 5) is 13.2. The molecule has 0 atom stereocenters. The molecule has 24 heavy (non-hydrogen) atoms. The zero-order valence-electron chi connectivity index (χ0n) is 14.0. The van der Waals surface area contributed by atoms with Crippen LogP contribution in [0, 0.1) is 24.0 Å². The number of halogens is 1. The first-order valence-electron chi connectivity index (χ1n) is 8.22. The SMILES string of the molecule is Cc1cc(N2CCC(c3cccc(Cl)c3)CC2)cc(C)c1[N+](=O)[O-]. The molecule has 5 heteroatoms. The number of hydrogen-bond donors (Lipinski definition) is 0. The van der Waals surface area contributed by atoms with Gasteiger partial charge in [0.05, 0.1) is 4.92 Å². The molecule has 126 valence electrons. The van der Waals surface area contributed by atoms with E-state index in [1.807, 2.05) is 38.1 Å². The van der Waals surface area contributed by atoms with E-state index >= 15 is 0 Å². The number of aryl methyl sites for hydroxylation is 2. The van der Waals surface area contributed by atoms with Gasteiger partial charge in [-0.25, -0.2) is 0 Å². The highest BCUT2D eigenvalue weighted by Gasteiger charge is 2.23. The second kappa shape index (κ2) is 6.81. The molecule has 0 N–H and O–H groups in total. The van der Waals surface area contributed by atoms with Crippen LogP contribution in [0.2, 0.25) is 5.02 Å². The van der Waals surface area contributed by atoms with E-state index in [4.69, 9.17) is 11.6 Å². The molecule has 0 saturated carbocycles. The zero-order valence-corrected chi connectivity index (χ0v) is 14.7. The second-order valence-corrected chi connectivity index (χ2v) is 6.94. The van der Waals surface area contributed by atoms with E-state index in [9.17, 15) is 10.1 Å². The Morgan fingerprint density at radius 2 is 1.75 bits per heavy atom. The van der Waals surface area contributed by atoms with Crippen LogP contribution in [-0.4, -0.2) is 18.0 Å². The third kappa shape index (κ3) is 3.39. The van der Waals surface area contributed by atoms with Gasteiger partial charge in [-0.05, 0) is 62.4 Å². The summed E-state index contributed by atoms with van der Waals surface area (Å²) in [5.74, 6) is 0.528. The van der Waals surface area contributed by atoms with Crippen LogP contribution in [0.3, 0.4) is 0 Å². The maximum absolute atomic E-state index is 11.1. The molecule has 2 aromatic carbocycles. The number of piperidine rings is 1. The third-order valence-electron chi connectivity index (χ3n) is 4.84. The number of nitro groups is 1. The van der Waals surface area contributed by atoms with E-state index in [0.29, 0.717) is 5.92 Å². The number of anilines is 1. The Hall–Kier alpha value is -2.07. The predicted octanol–water partition coefficient (Wildman–Crippen LogP) is 5.25. The highest BCUT2D eigenvalue weighted by atomic mass is 35.5. The van der Waals surface area contributed by atoms with E-state index in [-0.39, 0.29) is 10.6 Å². The lowest BCUT2D eigenvalue weighted by Crippen LogP contribution is -2.33. The van der Waals surface area contributed by atoms with Crippen molar-refractivity contribution in [2.24, 2.45) is 0 Å². The summed E-state index contributed by atoms with van der Waals surface area (Å²) in [6.07, 6.45) is 2.13. The van der Waals surface area contributed by atoms with Crippen molar-refractivity contribution in [3.05, 3.63) is 68.2 Å². The molecule has 4 nitrogen and oxygen atoms in total. The van der Waals surface area contributed by atoms with Crippen LogP contribution < -0.4 is 4.90 Å². The Kier molecular flexibility index (Phi) is 4.76. The summed E-state index contributed by atoms with van der Waals surface area (Å²) in [5.41, 5.74) is 4.07. The van der Waals surface area contributed by atoms with Gasteiger partial charge in [-0.2, -0.15) is 0 Å². The van der Waals surface area contributed by atoms with Crippen molar-refractivity contribution < 1.29 is 4.92 Å². The highest BCUT2D eigenvalue weighted by Crippen LogP contribution is 2.34. The van der Waals surface area contributed by atoms with Crippen molar-refractivity contribution in [3.8, 4) is 0 Å². The van der Waals surface area contributed by atoms with Gasteiger partial charge < -0.3 is 4.90 Å². The first kappa shape index (κ1) is 16.8. The van der Waals surface area contributed by atoms with Crippen molar-refractivity contribution in [3.63, 3.8) is 0 Å². The molecule has 0 spiro atoms. The normalized spacial score (nSPS) is 15.5. The van der Waals surface area contributed by atoms with Crippen molar-refractivity contribution >= 4 is 23.0 Å². The largest absolute Gasteiger partial charge is 0.371 e. The number of hydrogen-bond acceptors (Lipinski definition) is 3. The van der Waals surface area contributed by atoms with Gasteiger partial charge in [0.1, 0.15) is 0 Å². The average molecular weight is 345 g/mol. The molecule has 2 aromatic rings. The van der Waals surface area contributed by atoms with Crippen LogP contribution in [0.25, 0.3) is 0 Å². The van der Waals surface area contributed by atoms with Crippen molar-refractivity contribution in [1.29, 1.82) is 0 Å². The molecular formula is C19H21ClN2O2. The van der Waals surface area contributed by atoms with Gasteiger partial charge in [-0.1, -0.05) is 23.7 Å². The molecule has 1 aliphatic rings. The van der Waals surface area contributed by atoms with E-state index in [2.05, 4.69) is 17.0 Å². The molecule has 0 bridgehead atoms.